The van der Waals surface area contributed by atoms with Gasteiger partial charge in [-0.15, -0.1) is 0 Å². The fraction of sp³-hybridized carbons (Fsp3) is 0.650. The normalized spacial score (nSPS) is 13.8. The number of halogens is 1. The third-order valence-electron chi connectivity index (χ3n) is 4.57. The molecular weight excluding hydrogens is 398 g/mol. The van der Waals surface area contributed by atoms with Crippen molar-refractivity contribution in [2.24, 2.45) is 5.73 Å². The van der Waals surface area contributed by atoms with Crippen LogP contribution in [0.15, 0.2) is 24.3 Å². The fourth-order valence-electron chi connectivity index (χ4n) is 2.95. The minimum Gasteiger partial charge on any atom is -0.325 e. The maximum absolute atomic E-state index is 13.4. The van der Waals surface area contributed by atoms with Crippen molar-refractivity contribution in [3.63, 3.8) is 0 Å². The van der Waals surface area contributed by atoms with Gasteiger partial charge in [-0.05, 0) is 30.5 Å². The van der Waals surface area contributed by atoms with Crippen molar-refractivity contribution in [1.29, 1.82) is 0 Å². The van der Waals surface area contributed by atoms with Crippen molar-refractivity contribution in [3.8, 4) is 0 Å². The minimum atomic E-state index is -4.96. The Morgan fingerprint density at radius 3 is 2.21 bits per heavy atom. The summed E-state index contributed by atoms with van der Waals surface area (Å²) in [7, 11) is -4.96. The second-order valence-electron chi connectivity index (χ2n) is 7.26. The van der Waals surface area contributed by atoms with Gasteiger partial charge in [0.15, 0.2) is 0 Å². The number of nitrogens with one attached hydrogen (secondary N) is 1. The van der Waals surface area contributed by atoms with E-state index in [-0.39, 0.29) is 0 Å². The summed E-state index contributed by atoms with van der Waals surface area (Å²) >= 11 is 0. The lowest BCUT2D eigenvalue weighted by atomic mass is 10.0. The summed E-state index contributed by atoms with van der Waals surface area (Å²) < 4.78 is 27.8. The van der Waals surface area contributed by atoms with Gasteiger partial charge in [-0.3, -0.25) is 9.32 Å². The summed E-state index contributed by atoms with van der Waals surface area (Å²) in [5.41, 5.74) is 7.26. The van der Waals surface area contributed by atoms with E-state index in [2.05, 4.69) is 16.8 Å². The molecule has 1 aromatic carbocycles. The first-order valence-corrected chi connectivity index (χ1v) is 11.8. The van der Waals surface area contributed by atoms with Crippen LogP contribution in [0.1, 0.15) is 70.3 Å². The predicted octanol–water partition coefficient (Wildman–Crippen LogP) is 4.43. The molecule has 0 saturated heterocycles. The first kappa shape index (κ1) is 25.7. The Balaban J connectivity index is 2.29. The number of carbonyl (C=O) groups is 1. The average molecular weight is 432 g/mol. The number of amides is 1. The van der Waals surface area contributed by atoms with Crippen molar-refractivity contribution < 1.29 is 28.1 Å². The molecule has 29 heavy (non-hydrogen) atoms. The van der Waals surface area contributed by atoms with Gasteiger partial charge < -0.3 is 20.8 Å². The lowest BCUT2D eigenvalue weighted by Gasteiger charge is -2.15. The van der Waals surface area contributed by atoms with Crippen LogP contribution in [0.2, 0.25) is 0 Å². The Kier molecular flexibility index (Phi) is 12.3. The van der Waals surface area contributed by atoms with E-state index in [9.17, 15) is 13.8 Å². The van der Waals surface area contributed by atoms with E-state index >= 15 is 0 Å². The number of phosphoric ester groups is 1. The monoisotopic (exact) mass is 432 g/mol. The Hall–Kier alpha value is -1.31. The minimum absolute atomic E-state index is 0.524. The molecule has 7 nitrogen and oxygen atoms in total. The summed E-state index contributed by atoms with van der Waals surface area (Å²) in [5.74, 6) is -0.655. The number of benzene rings is 1. The van der Waals surface area contributed by atoms with Crippen molar-refractivity contribution in [2.75, 3.05) is 5.32 Å². The van der Waals surface area contributed by atoms with Gasteiger partial charge in [-0.2, -0.15) is 0 Å². The average Bonchev–Trinajstić information content (AvgIpc) is 2.63. The van der Waals surface area contributed by atoms with Crippen LogP contribution in [0.3, 0.4) is 0 Å². The van der Waals surface area contributed by atoms with E-state index in [4.69, 9.17) is 15.5 Å². The number of nitrogens with two attached hydrogens (primary N) is 1. The van der Waals surface area contributed by atoms with E-state index < -0.39 is 32.6 Å². The molecule has 5 N–H and O–H groups in total. The van der Waals surface area contributed by atoms with Crippen LogP contribution in [-0.2, 0) is 20.3 Å². The Morgan fingerprint density at radius 2 is 1.66 bits per heavy atom. The molecule has 1 aromatic rings. The zero-order valence-electron chi connectivity index (χ0n) is 17.1. The molecule has 1 rings (SSSR count). The molecule has 0 aliphatic carbocycles. The molecule has 0 radical (unpaired) electrons. The number of aryl methyl sites for hydroxylation is 1. The highest BCUT2D eigenvalue weighted by Crippen LogP contribution is 2.38. The smallest absolute Gasteiger partial charge is 0.325 e. The standard InChI is InChI=1S/C20H34FN2O5P/c1-2-3-4-5-6-7-8-9-10-16-11-13-17(14-12-16)23-20(24)18(22)15-19(21)28-29(25,26)27/h11-14,18-19H,2-10,15,22H2,1H3,(H,23,24)(H2,25,26,27)/t18-,19?/m1/s1. The van der Waals surface area contributed by atoms with E-state index in [1.807, 2.05) is 12.1 Å². The maximum atomic E-state index is 13.4. The van der Waals surface area contributed by atoms with Gasteiger partial charge in [-0.1, -0.05) is 64.0 Å². The third-order valence-corrected chi connectivity index (χ3v) is 5.07. The number of unbranched alkanes of at least 4 members (excludes halogenated alkanes) is 7. The van der Waals surface area contributed by atoms with Crippen molar-refractivity contribution in [1.82, 2.24) is 0 Å². The number of carbonyl (C=O) groups excluding carboxylic acids is 1. The number of hydrogen-bond donors (Lipinski definition) is 4. The lowest BCUT2D eigenvalue weighted by Crippen LogP contribution is -2.38. The molecule has 1 unspecified atom stereocenters. The molecule has 0 saturated carbocycles. The summed E-state index contributed by atoms with van der Waals surface area (Å²) in [4.78, 5) is 29.1. The molecule has 166 valence electrons. The first-order chi connectivity index (χ1) is 13.7. The summed E-state index contributed by atoms with van der Waals surface area (Å²) in [6, 6.07) is 6.07. The van der Waals surface area contributed by atoms with Crippen LogP contribution in [-0.4, -0.2) is 28.1 Å². The van der Waals surface area contributed by atoms with Gasteiger partial charge >= 0.3 is 7.82 Å². The molecule has 0 bridgehead atoms. The van der Waals surface area contributed by atoms with Gasteiger partial charge in [0, 0.05) is 12.1 Å². The molecule has 0 heterocycles. The van der Waals surface area contributed by atoms with Crippen LogP contribution < -0.4 is 11.1 Å². The zero-order valence-corrected chi connectivity index (χ0v) is 18.0. The molecule has 0 aromatic heterocycles. The number of alkyl halides is 1. The van der Waals surface area contributed by atoms with E-state index in [1.165, 1.54) is 50.5 Å². The molecule has 1 amide bonds. The van der Waals surface area contributed by atoms with Gasteiger partial charge in [0.05, 0.1) is 6.04 Å². The first-order valence-electron chi connectivity index (χ1n) is 10.2. The molecule has 0 aliphatic heterocycles. The highest BCUT2D eigenvalue weighted by molar-refractivity contribution is 7.46. The Labute approximate surface area is 172 Å². The van der Waals surface area contributed by atoms with E-state index in [0.29, 0.717) is 5.69 Å². The zero-order chi connectivity index (χ0) is 21.7. The maximum Gasteiger partial charge on any atom is 0.472 e. The Bertz CT molecular complexity index is 638. The highest BCUT2D eigenvalue weighted by atomic mass is 31.2. The second kappa shape index (κ2) is 13.8. The van der Waals surface area contributed by atoms with Crippen molar-refractivity contribution >= 4 is 19.4 Å². The Morgan fingerprint density at radius 1 is 1.10 bits per heavy atom. The van der Waals surface area contributed by atoms with Crippen molar-refractivity contribution in [3.05, 3.63) is 29.8 Å². The predicted molar refractivity (Wildman–Crippen MR) is 112 cm³/mol. The summed E-state index contributed by atoms with van der Waals surface area (Å²) in [6.45, 7) is 2.22. The van der Waals surface area contributed by atoms with Gasteiger partial charge in [-0.25, -0.2) is 8.96 Å². The number of anilines is 1. The van der Waals surface area contributed by atoms with Gasteiger partial charge in [0.1, 0.15) is 0 Å². The molecule has 0 spiro atoms. The highest BCUT2D eigenvalue weighted by Gasteiger charge is 2.26. The van der Waals surface area contributed by atoms with E-state index in [0.717, 1.165) is 12.8 Å². The fourth-order valence-corrected chi connectivity index (χ4v) is 3.34. The third kappa shape index (κ3) is 12.8. The van der Waals surface area contributed by atoms with Crippen LogP contribution in [0.5, 0.6) is 0 Å². The number of hydrogen-bond acceptors (Lipinski definition) is 4. The van der Waals surface area contributed by atoms with Gasteiger partial charge in [0.2, 0.25) is 12.3 Å². The molecular formula is C20H34FN2O5P. The summed E-state index contributed by atoms with van der Waals surface area (Å²) in [5, 5.41) is 2.56. The molecule has 9 heteroatoms. The molecule has 0 aliphatic rings. The van der Waals surface area contributed by atoms with E-state index in [1.54, 1.807) is 12.1 Å². The summed E-state index contributed by atoms with van der Waals surface area (Å²) in [6.07, 6.45) is 8.12. The topological polar surface area (TPSA) is 122 Å². The van der Waals surface area contributed by atoms with Crippen LogP contribution in [0.25, 0.3) is 0 Å². The van der Waals surface area contributed by atoms with Crippen LogP contribution in [0, 0.1) is 0 Å². The largest absolute Gasteiger partial charge is 0.472 e. The van der Waals surface area contributed by atoms with Gasteiger partial charge in [0.25, 0.3) is 0 Å². The number of rotatable bonds is 15. The molecule has 0 fully saturated rings. The molecule has 2 atom stereocenters. The lowest BCUT2D eigenvalue weighted by molar-refractivity contribution is -0.118. The second-order valence-corrected chi connectivity index (χ2v) is 8.45. The van der Waals surface area contributed by atoms with Crippen LogP contribution in [0.4, 0.5) is 10.1 Å². The SMILES string of the molecule is CCCCCCCCCCc1ccc(NC(=O)[C@H](N)CC(F)OP(=O)(O)O)cc1. The van der Waals surface area contributed by atoms with Crippen LogP contribution >= 0.6 is 7.82 Å². The number of phosphoric acid groups is 1. The van der Waals surface area contributed by atoms with Crippen molar-refractivity contribution in [2.45, 2.75) is 83.5 Å². The quantitative estimate of drug-likeness (QED) is 0.240.